The summed E-state index contributed by atoms with van der Waals surface area (Å²) in [6.07, 6.45) is 0.793. The average molecular weight is 447 g/mol. The van der Waals surface area contributed by atoms with Crippen LogP contribution in [0.1, 0.15) is 37.1 Å². The Labute approximate surface area is 193 Å². The molecule has 172 valence electrons. The zero-order valence-corrected chi connectivity index (χ0v) is 19.5. The molecule has 0 aliphatic carbocycles. The van der Waals surface area contributed by atoms with Gasteiger partial charge in [0.1, 0.15) is 11.7 Å². The molecule has 0 saturated heterocycles. The summed E-state index contributed by atoms with van der Waals surface area (Å²) in [6, 6.07) is 16.5. The third-order valence-corrected chi connectivity index (χ3v) is 6.26. The van der Waals surface area contributed by atoms with Crippen LogP contribution in [0, 0.1) is 12.8 Å². The van der Waals surface area contributed by atoms with Crippen LogP contribution in [0.15, 0.2) is 59.4 Å². The van der Waals surface area contributed by atoms with Crippen LogP contribution in [0.25, 0.3) is 5.69 Å². The Hall–Kier alpha value is -3.61. The highest BCUT2D eigenvalue weighted by atomic mass is 16.2. The predicted molar refractivity (Wildman–Crippen MR) is 128 cm³/mol. The Kier molecular flexibility index (Phi) is 6.22. The summed E-state index contributed by atoms with van der Waals surface area (Å²) >= 11 is 0. The fourth-order valence-electron chi connectivity index (χ4n) is 4.40. The molecule has 0 bridgehead atoms. The van der Waals surface area contributed by atoms with Crippen molar-refractivity contribution in [3.8, 4) is 5.69 Å². The van der Waals surface area contributed by atoms with Gasteiger partial charge in [0.05, 0.1) is 11.4 Å². The highest BCUT2D eigenvalue weighted by Crippen LogP contribution is 2.26. The Bertz CT molecular complexity index is 1240. The van der Waals surface area contributed by atoms with E-state index in [9.17, 15) is 14.4 Å². The van der Waals surface area contributed by atoms with Crippen molar-refractivity contribution >= 4 is 17.5 Å². The van der Waals surface area contributed by atoms with Crippen LogP contribution in [0.4, 0.5) is 5.69 Å². The van der Waals surface area contributed by atoms with Crippen LogP contribution >= 0.6 is 0 Å². The number of rotatable bonds is 5. The van der Waals surface area contributed by atoms with Gasteiger partial charge < -0.3 is 10.2 Å². The zero-order valence-electron chi connectivity index (χ0n) is 19.5. The molecule has 0 saturated carbocycles. The van der Waals surface area contributed by atoms with Crippen LogP contribution in [0.3, 0.4) is 0 Å². The summed E-state index contributed by atoms with van der Waals surface area (Å²) in [7, 11) is 1.79. The SMILES string of the molecule is Cc1c(NC(=O)C2Cc3ccccc3CN2C(=O)CC(C)C)c(=O)n(-c2ccccc2)n1C. The number of amides is 2. The summed E-state index contributed by atoms with van der Waals surface area (Å²) in [5.41, 5.74) is 3.41. The molecule has 2 aromatic carbocycles. The first-order valence-electron chi connectivity index (χ1n) is 11.3. The molecule has 1 aliphatic heterocycles. The lowest BCUT2D eigenvalue weighted by molar-refractivity contribution is -0.140. The van der Waals surface area contributed by atoms with E-state index in [4.69, 9.17) is 0 Å². The Morgan fingerprint density at radius 2 is 1.67 bits per heavy atom. The van der Waals surface area contributed by atoms with Gasteiger partial charge in [-0.25, -0.2) is 4.68 Å². The maximum Gasteiger partial charge on any atom is 0.295 e. The molecule has 1 aromatic heterocycles. The first kappa shape index (κ1) is 22.6. The number of anilines is 1. The van der Waals surface area contributed by atoms with E-state index in [2.05, 4.69) is 5.32 Å². The van der Waals surface area contributed by atoms with E-state index in [0.29, 0.717) is 30.8 Å². The minimum Gasteiger partial charge on any atom is -0.326 e. The van der Waals surface area contributed by atoms with Crippen molar-refractivity contribution in [2.24, 2.45) is 13.0 Å². The number of hydrogen-bond donors (Lipinski definition) is 1. The molecule has 2 heterocycles. The van der Waals surface area contributed by atoms with E-state index in [1.165, 1.54) is 4.68 Å². The molecule has 1 N–H and O–H groups in total. The lowest BCUT2D eigenvalue weighted by Crippen LogP contribution is -2.51. The number of aromatic nitrogens is 2. The minimum atomic E-state index is -0.671. The van der Waals surface area contributed by atoms with E-state index >= 15 is 0 Å². The van der Waals surface area contributed by atoms with Gasteiger partial charge in [0.2, 0.25) is 11.8 Å². The summed E-state index contributed by atoms with van der Waals surface area (Å²) in [4.78, 5) is 41.4. The lowest BCUT2D eigenvalue weighted by Gasteiger charge is -2.36. The van der Waals surface area contributed by atoms with Crippen LogP contribution in [-0.2, 0) is 29.6 Å². The van der Waals surface area contributed by atoms with Gasteiger partial charge in [0.25, 0.3) is 5.56 Å². The third-order valence-electron chi connectivity index (χ3n) is 6.26. The van der Waals surface area contributed by atoms with Gasteiger partial charge in [-0.05, 0) is 36.1 Å². The van der Waals surface area contributed by atoms with Crippen molar-refractivity contribution in [2.45, 2.75) is 46.2 Å². The average Bonchev–Trinajstić information content (AvgIpc) is 3.01. The third kappa shape index (κ3) is 4.35. The van der Waals surface area contributed by atoms with Crippen molar-refractivity contribution in [1.82, 2.24) is 14.3 Å². The molecule has 3 aromatic rings. The van der Waals surface area contributed by atoms with E-state index < -0.39 is 6.04 Å². The first-order valence-corrected chi connectivity index (χ1v) is 11.3. The molecule has 1 aliphatic rings. The second kappa shape index (κ2) is 9.10. The summed E-state index contributed by atoms with van der Waals surface area (Å²) in [6.45, 7) is 6.17. The van der Waals surface area contributed by atoms with Gasteiger partial charge in [-0.15, -0.1) is 0 Å². The van der Waals surface area contributed by atoms with Crippen LogP contribution in [0.2, 0.25) is 0 Å². The van der Waals surface area contributed by atoms with E-state index in [1.54, 1.807) is 23.6 Å². The molecule has 0 fully saturated rings. The van der Waals surface area contributed by atoms with Crippen molar-refractivity contribution in [3.63, 3.8) is 0 Å². The summed E-state index contributed by atoms with van der Waals surface area (Å²) in [5.74, 6) is -0.202. The van der Waals surface area contributed by atoms with Crippen molar-refractivity contribution in [2.75, 3.05) is 5.32 Å². The molecule has 7 heteroatoms. The quantitative estimate of drug-likeness (QED) is 0.653. The Morgan fingerprint density at radius 3 is 2.33 bits per heavy atom. The molecule has 4 rings (SSSR count). The fraction of sp³-hybridized carbons (Fsp3) is 0.346. The number of para-hydroxylation sites is 1. The minimum absolute atomic E-state index is 0.0499. The molecule has 1 atom stereocenters. The maximum atomic E-state index is 13.5. The molecule has 33 heavy (non-hydrogen) atoms. The van der Waals surface area contributed by atoms with Crippen LogP contribution < -0.4 is 10.9 Å². The number of carbonyl (C=O) groups is 2. The van der Waals surface area contributed by atoms with Gasteiger partial charge >= 0.3 is 0 Å². The van der Waals surface area contributed by atoms with E-state index in [-0.39, 0.29) is 29.0 Å². The van der Waals surface area contributed by atoms with Gasteiger partial charge in [0, 0.05) is 26.4 Å². The van der Waals surface area contributed by atoms with Gasteiger partial charge in [0.15, 0.2) is 0 Å². The predicted octanol–water partition coefficient (Wildman–Crippen LogP) is 3.42. The molecular weight excluding hydrogens is 416 g/mol. The largest absolute Gasteiger partial charge is 0.326 e. The number of fused-ring (bicyclic) bond motifs is 1. The summed E-state index contributed by atoms with van der Waals surface area (Å²) in [5, 5.41) is 2.86. The molecule has 2 amide bonds. The van der Waals surface area contributed by atoms with Crippen LogP contribution in [-0.4, -0.2) is 32.1 Å². The van der Waals surface area contributed by atoms with Crippen molar-refractivity contribution < 1.29 is 9.59 Å². The number of hydrogen-bond acceptors (Lipinski definition) is 3. The normalized spacial score (nSPS) is 15.4. The lowest BCUT2D eigenvalue weighted by atomic mass is 9.92. The van der Waals surface area contributed by atoms with Gasteiger partial charge in [-0.2, -0.15) is 0 Å². The van der Waals surface area contributed by atoms with E-state index in [1.807, 2.05) is 68.4 Å². The zero-order chi connectivity index (χ0) is 23.7. The Balaban J connectivity index is 1.67. The second-order valence-electron chi connectivity index (χ2n) is 9.03. The maximum absolute atomic E-state index is 13.5. The smallest absolute Gasteiger partial charge is 0.295 e. The molecule has 1 unspecified atom stereocenters. The Morgan fingerprint density at radius 1 is 1.03 bits per heavy atom. The number of nitrogens with one attached hydrogen (secondary N) is 1. The molecule has 0 spiro atoms. The van der Waals surface area contributed by atoms with Gasteiger partial charge in [-0.1, -0.05) is 56.3 Å². The monoisotopic (exact) mass is 446 g/mol. The van der Waals surface area contributed by atoms with Crippen molar-refractivity contribution in [1.29, 1.82) is 0 Å². The summed E-state index contributed by atoms with van der Waals surface area (Å²) < 4.78 is 3.26. The van der Waals surface area contributed by atoms with Crippen molar-refractivity contribution in [3.05, 3.63) is 81.8 Å². The van der Waals surface area contributed by atoms with Crippen LogP contribution in [0.5, 0.6) is 0 Å². The fourth-order valence-corrected chi connectivity index (χ4v) is 4.40. The number of benzene rings is 2. The second-order valence-corrected chi connectivity index (χ2v) is 9.03. The standard InChI is InChI=1S/C26H30N4O3/c1-17(2)14-23(31)29-16-20-11-9-8-10-19(20)15-22(29)25(32)27-24-18(3)28(4)30(26(24)33)21-12-6-5-7-13-21/h5-13,17,22H,14-16H2,1-4H3,(H,27,32). The highest BCUT2D eigenvalue weighted by molar-refractivity contribution is 5.98. The first-order chi connectivity index (χ1) is 15.8. The highest BCUT2D eigenvalue weighted by Gasteiger charge is 2.35. The van der Waals surface area contributed by atoms with Gasteiger partial charge in [-0.3, -0.25) is 19.1 Å². The number of nitrogens with zero attached hydrogens (tertiary/aromatic N) is 3. The topological polar surface area (TPSA) is 76.3 Å². The molecular formula is C26H30N4O3. The van der Waals surface area contributed by atoms with E-state index in [0.717, 1.165) is 11.1 Å². The molecule has 0 radical (unpaired) electrons. The number of carbonyl (C=O) groups excluding carboxylic acids is 2. The molecule has 7 nitrogen and oxygen atoms in total.